The van der Waals surface area contributed by atoms with Gasteiger partial charge in [-0.15, -0.1) is 12.6 Å². The van der Waals surface area contributed by atoms with E-state index in [9.17, 15) is 4.39 Å². The predicted octanol–water partition coefficient (Wildman–Crippen LogP) is 0.693. The monoisotopic (exact) mass is 201 g/mol. The van der Waals surface area contributed by atoms with Crippen LogP contribution in [0.25, 0.3) is 0 Å². The fraction of sp³-hybridized carbons (Fsp3) is 0. The van der Waals surface area contributed by atoms with Crippen molar-refractivity contribution < 1.29 is 17.0 Å². The Morgan fingerprint density at radius 2 is 1.54 bits per heavy atom. The lowest BCUT2D eigenvalue weighted by Crippen LogP contribution is -1.73. The Morgan fingerprint density at radius 1 is 1.15 bits per heavy atom. The molecule has 0 N–H and O–H groups in total. The molecule has 0 atom stereocenters. The summed E-state index contributed by atoms with van der Waals surface area (Å²) in [6.07, 6.45) is 0. The quantitative estimate of drug-likeness (QED) is 0.619. The molecule has 0 fully saturated rings. The molecule has 1 aromatic carbocycles. The van der Waals surface area contributed by atoms with Gasteiger partial charge in [-0.05, 0) is 24.3 Å². The van der Waals surface area contributed by atoms with Crippen LogP contribution in [0.4, 0.5) is 4.39 Å². The van der Waals surface area contributed by atoms with Gasteiger partial charge in [0.2, 0.25) is 0 Å². The number of nitrogens with zero attached hydrogens (tertiary/aromatic N) is 1. The zero-order valence-electron chi connectivity index (χ0n) is 6.27. The van der Waals surface area contributed by atoms with E-state index in [0.29, 0.717) is 5.56 Å². The molecule has 13 heavy (non-hydrogen) atoms. The highest BCUT2D eigenvalue weighted by Gasteiger charge is 1.87. The molecular weight excluding hydrogens is 197 g/mol. The van der Waals surface area contributed by atoms with Crippen LogP contribution in [-0.2, 0) is 10.6 Å². The predicted molar refractivity (Wildman–Crippen MR) is 40.8 cm³/mol. The van der Waals surface area contributed by atoms with Crippen molar-refractivity contribution in [1.29, 1.82) is 5.26 Å². The van der Waals surface area contributed by atoms with Crippen LogP contribution in [0.5, 0.6) is 0 Å². The third kappa shape index (κ3) is 6.65. The van der Waals surface area contributed by atoms with Crippen LogP contribution >= 0.6 is 0 Å². The molecule has 0 heterocycles. The third-order valence-corrected chi connectivity index (χ3v) is 0.973. The van der Waals surface area contributed by atoms with E-state index >= 15 is 0 Å². The summed E-state index contributed by atoms with van der Waals surface area (Å²) in [5.41, 5.74) is 0.483. The maximum absolute atomic E-state index is 12.1. The molecule has 0 saturated heterocycles. The van der Waals surface area contributed by atoms with Crippen molar-refractivity contribution in [1.82, 2.24) is 0 Å². The van der Waals surface area contributed by atoms with E-state index in [1.807, 2.05) is 6.07 Å². The van der Waals surface area contributed by atoms with Crippen LogP contribution in [0.15, 0.2) is 24.3 Å². The van der Waals surface area contributed by atoms with Crippen LogP contribution in [0.2, 0.25) is 0 Å². The number of hydrogen-bond acceptors (Lipinski definition) is 4. The van der Waals surface area contributed by atoms with Gasteiger partial charge in [0, 0.05) is 0 Å². The average molecular weight is 201 g/mol. The number of nitriles is 1. The second-order valence-corrected chi connectivity index (χ2v) is 2.23. The normalized spacial score (nSPS) is 7.69. The van der Waals surface area contributed by atoms with Gasteiger partial charge in [-0.3, -0.25) is 0 Å². The van der Waals surface area contributed by atoms with Gasteiger partial charge < -0.3 is 0 Å². The summed E-state index contributed by atoms with van der Waals surface area (Å²) in [6.45, 7) is 0. The van der Waals surface area contributed by atoms with Crippen LogP contribution in [0.1, 0.15) is 5.56 Å². The highest BCUT2D eigenvalue weighted by molar-refractivity contribution is 7.59. The molecule has 1 rings (SSSR count). The van der Waals surface area contributed by atoms with Gasteiger partial charge in [0.15, 0.2) is 0 Å². The van der Waals surface area contributed by atoms with Gasteiger partial charge in [0.25, 0.3) is 0 Å². The molecule has 0 aromatic heterocycles. The first-order chi connectivity index (χ1) is 6.06. The smallest absolute Gasteiger partial charge is 0.207 e. The van der Waals surface area contributed by atoms with E-state index in [1.165, 1.54) is 24.3 Å². The molecule has 0 spiro atoms. The molecule has 0 unspecified atom stereocenters. The van der Waals surface area contributed by atoms with Crippen LogP contribution < -0.4 is 0 Å². The Morgan fingerprint density at radius 3 is 1.85 bits per heavy atom. The average Bonchev–Trinajstić information content (AvgIpc) is 2.05. The minimum Gasteiger partial charge on any atom is -0.207 e. The fourth-order valence-corrected chi connectivity index (χ4v) is 0.524. The molecule has 0 bridgehead atoms. The molecule has 1 aromatic rings. The largest absolute Gasteiger partial charge is 0.425 e. The van der Waals surface area contributed by atoms with Gasteiger partial charge in [0.1, 0.15) is 5.82 Å². The van der Waals surface area contributed by atoms with Crippen LogP contribution in [0.3, 0.4) is 0 Å². The standard InChI is InChI=1S/C7H4FN.O3S/c8-7-3-1-6(5-9)2-4-7;1-4(2)3/h1-4H;. The molecular formula is C7H4FNO3S. The van der Waals surface area contributed by atoms with Crippen molar-refractivity contribution in [2.75, 3.05) is 0 Å². The first kappa shape index (κ1) is 11.3. The molecule has 0 saturated carbocycles. The second kappa shape index (κ2) is 5.85. The van der Waals surface area contributed by atoms with E-state index in [4.69, 9.17) is 17.9 Å². The summed E-state index contributed by atoms with van der Waals surface area (Å²) in [4.78, 5) is 0. The van der Waals surface area contributed by atoms with E-state index < -0.39 is 10.6 Å². The van der Waals surface area contributed by atoms with Crippen molar-refractivity contribution in [3.05, 3.63) is 35.6 Å². The van der Waals surface area contributed by atoms with Crippen molar-refractivity contribution >= 4 is 10.6 Å². The number of hydrogen-bond donors (Lipinski definition) is 0. The Hall–Kier alpha value is -1.74. The highest BCUT2D eigenvalue weighted by atomic mass is 32.2. The Kier molecular flexibility index (Phi) is 5.07. The summed E-state index contributed by atoms with van der Waals surface area (Å²) in [7, 11) is -3.11. The first-order valence-electron chi connectivity index (χ1n) is 2.98. The van der Waals surface area contributed by atoms with Crippen molar-refractivity contribution in [3.63, 3.8) is 0 Å². The minimum atomic E-state index is -3.11. The Balaban J connectivity index is 0.000000310. The fourth-order valence-electron chi connectivity index (χ4n) is 0.524. The number of rotatable bonds is 0. The van der Waals surface area contributed by atoms with Crippen LogP contribution in [0, 0.1) is 17.1 Å². The summed E-state index contributed by atoms with van der Waals surface area (Å²) in [5, 5.41) is 8.26. The highest BCUT2D eigenvalue weighted by Crippen LogP contribution is 1.99. The zero-order chi connectivity index (χ0) is 10.3. The van der Waals surface area contributed by atoms with E-state index in [1.54, 1.807) is 0 Å². The van der Waals surface area contributed by atoms with Crippen LogP contribution in [-0.4, -0.2) is 12.6 Å². The Labute approximate surface area is 75.3 Å². The van der Waals surface area contributed by atoms with E-state index in [2.05, 4.69) is 0 Å². The SMILES string of the molecule is N#Cc1ccc(F)cc1.O=S(=O)=O. The van der Waals surface area contributed by atoms with Crippen molar-refractivity contribution in [2.45, 2.75) is 0 Å². The maximum atomic E-state index is 12.1. The molecule has 4 nitrogen and oxygen atoms in total. The zero-order valence-corrected chi connectivity index (χ0v) is 7.08. The second-order valence-electron chi connectivity index (χ2n) is 1.82. The third-order valence-electron chi connectivity index (χ3n) is 0.973. The summed E-state index contributed by atoms with van der Waals surface area (Å²) in [5.74, 6) is -0.311. The number of benzene rings is 1. The molecule has 68 valence electrons. The lowest BCUT2D eigenvalue weighted by Gasteiger charge is -1.84. The first-order valence-corrected chi connectivity index (χ1v) is 3.98. The van der Waals surface area contributed by atoms with Gasteiger partial charge in [-0.1, -0.05) is 0 Å². The summed E-state index contributed by atoms with van der Waals surface area (Å²) in [6, 6.07) is 7.29. The van der Waals surface area contributed by atoms with E-state index in [-0.39, 0.29) is 5.82 Å². The van der Waals surface area contributed by atoms with Gasteiger partial charge in [-0.25, -0.2) is 4.39 Å². The molecule has 0 radical (unpaired) electrons. The maximum Gasteiger partial charge on any atom is 0.425 e. The van der Waals surface area contributed by atoms with Gasteiger partial charge in [0.05, 0.1) is 11.6 Å². The summed E-state index contributed by atoms with van der Waals surface area (Å²) < 4.78 is 37.4. The van der Waals surface area contributed by atoms with Gasteiger partial charge in [-0.2, -0.15) is 5.26 Å². The molecule has 0 amide bonds. The van der Waals surface area contributed by atoms with Crippen molar-refractivity contribution in [2.24, 2.45) is 0 Å². The number of halogens is 1. The minimum absolute atomic E-state index is 0.311. The molecule has 0 aliphatic rings. The molecule has 0 aliphatic heterocycles. The lowest BCUT2D eigenvalue weighted by atomic mass is 10.2. The van der Waals surface area contributed by atoms with Crippen molar-refractivity contribution in [3.8, 4) is 6.07 Å². The lowest BCUT2D eigenvalue weighted by molar-refractivity contribution is 0.559. The Bertz CT molecular complexity index is 396. The molecule has 0 aliphatic carbocycles. The topological polar surface area (TPSA) is 75.0 Å². The molecule has 6 heteroatoms. The van der Waals surface area contributed by atoms with E-state index in [0.717, 1.165) is 0 Å². The van der Waals surface area contributed by atoms with Gasteiger partial charge >= 0.3 is 10.6 Å². The summed E-state index contributed by atoms with van der Waals surface area (Å²) >= 11 is 0.